The van der Waals surface area contributed by atoms with E-state index >= 15 is 0 Å². The number of ether oxygens (including phenoxy) is 1. The highest BCUT2D eigenvalue weighted by Crippen LogP contribution is 2.31. The molecule has 3 aromatic carbocycles. The first-order valence-electron chi connectivity index (χ1n) is 11.5. The Balaban J connectivity index is 1.73. The molecule has 3 rings (SSSR count). The van der Waals surface area contributed by atoms with Crippen LogP contribution in [-0.2, 0) is 17.8 Å². The third kappa shape index (κ3) is 7.54. The van der Waals surface area contributed by atoms with Crippen LogP contribution in [0.5, 0.6) is 5.75 Å². The molecule has 0 aliphatic carbocycles. The van der Waals surface area contributed by atoms with Crippen LogP contribution in [0.15, 0.2) is 78.9 Å². The summed E-state index contributed by atoms with van der Waals surface area (Å²) >= 11 is 0. The summed E-state index contributed by atoms with van der Waals surface area (Å²) in [6, 6.07) is 26.9. The van der Waals surface area contributed by atoms with Gasteiger partial charge in [-0.3, -0.25) is 4.79 Å². The second-order valence-electron chi connectivity index (χ2n) is 8.10. The Labute approximate surface area is 192 Å². The van der Waals surface area contributed by atoms with Crippen molar-refractivity contribution in [2.45, 2.75) is 52.2 Å². The summed E-state index contributed by atoms with van der Waals surface area (Å²) in [5.41, 5.74) is 4.31. The molecule has 0 heterocycles. The fraction of sp³-hybridized carbons (Fsp3) is 0.321. The van der Waals surface area contributed by atoms with E-state index in [1.54, 1.807) is 0 Å². The van der Waals surface area contributed by atoms with Crippen LogP contribution < -0.4 is 15.4 Å². The Morgan fingerprint density at radius 1 is 0.938 bits per heavy atom. The quantitative estimate of drug-likeness (QED) is 0.355. The smallest absolute Gasteiger partial charge is 0.221 e. The molecule has 4 nitrogen and oxygen atoms in total. The van der Waals surface area contributed by atoms with Crippen molar-refractivity contribution in [2.75, 3.05) is 11.9 Å². The number of nitrogens with one attached hydrogen (secondary N) is 2. The number of carbonyl (C=O) groups excluding carboxylic acids is 1. The van der Waals surface area contributed by atoms with Crippen LogP contribution >= 0.6 is 0 Å². The molecule has 0 aliphatic rings. The van der Waals surface area contributed by atoms with Crippen molar-refractivity contribution in [3.63, 3.8) is 0 Å². The Bertz CT molecular complexity index is 958. The number of benzene rings is 3. The van der Waals surface area contributed by atoms with Gasteiger partial charge in [-0.1, -0.05) is 86.5 Å². The lowest BCUT2D eigenvalue weighted by Crippen LogP contribution is -2.24. The van der Waals surface area contributed by atoms with E-state index in [1.165, 1.54) is 18.1 Å². The van der Waals surface area contributed by atoms with Crippen LogP contribution in [0, 0.1) is 0 Å². The van der Waals surface area contributed by atoms with Gasteiger partial charge in [0.1, 0.15) is 12.4 Å². The molecule has 0 aliphatic heterocycles. The molecule has 0 spiro atoms. The van der Waals surface area contributed by atoms with E-state index in [0.717, 1.165) is 43.5 Å². The lowest BCUT2D eigenvalue weighted by molar-refractivity contribution is -0.114. The van der Waals surface area contributed by atoms with Crippen molar-refractivity contribution in [3.8, 4) is 5.75 Å². The van der Waals surface area contributed by atoms with Gasteiger partial charge in [0.05, 0.1) is 5.69 Å². The van der Waals surface area contributed by atoms with Crippen LogP contribution in [0.1, 0.15) is 55.8 Å². The number of rotatable bonds is 12. The average molecular weight is 431 g/mol. The number of amides is 1. The topological polar surface area (TPSA) is 50.4 Å². The standard InChI is InChI=1S/C28H34N2O2/c1-3-4-15-26(29-19-18-23-11-7-5-8-12-23)25-16-17-28(27(20-25)30-22(2)31)32-21-24-13-9-6-10-14-24/h5-14,16-17,20,26,29H,3-4,15,18-19,21H2,1-2H3,(H,30,31). The lowest BCUT2D eigenvalue weighted by atomic mass is 9.99. The number of unbranched alkanes of at least 4 members (excludes halogenated alkanes) is 1. The Hall–Kier alpha value is -3.11. The maximum Gasteiger partial charge on any atom is 0.221 e. The minimum atomic E-state index is -0.103. The van der Waals surface area contributed by atoms with Crippen LogP contribution in [0.4, 0.5) is 5.69 Å². The van der Waals surface area contributed by atoms with Gasteiger partial charge in [-0.15, -0.1) is 0 Å². The normalized spacial score (nSPS) is 11.7. The molecule has 3 aromatic rings. The SMILES string of the molecule is CCCCC(NCCc1ccccc1)c1ccc(OCc2ccccc2)c(NC(C)=O)c1. The second kappa shape index (κ2) is 12.7. The fourth-order valence-corrected chi connectivity index (χ4v) is 3.74. The van der Waals surface area contributed by atoms with Crippen LogP contribution in [-0.4, -0.2) is 12.5 Å². The average Bonchev–Trinajstić information content (AvgIpc) is 2.81. The van der Waals surface area contributed by atoms with Gasteiger partial charge in [-0.05, 0) is 48.2 Å². The molecule has 0 saturated heterocycles. The van der Waals surface area contributed by atoms with Crippen molar-refractivity contribution >= 4 is 11.6 Å². The highest BCUT2D eigenvalue weighted by atomic mass is 16.5. The van der Waals surface area contributed by atoms with E-state index in [0.29, 0.717) is 12.4 Å². The van der Waals surface area contributed by atoms with Gasteiger partial charge < -0.3 is 15.4 Å². The fourth-order valence-electron chi connectivity index (χ4n) is 3.74. The molecular formula is C28H34N2O2. The van der Waals surface area contributed by atoms with Gasteiger partial charge in [0, 0.05) is 13.0 Å². The molecule has 32 heavy (non-hydrogen) atoms. The van der Waals surface area contributed by atoms with Gasteiger partial charge in [0.2, 0.25) is 5.91 Å². The molecular weight excluding hydrogens is 396 g/mol. The summed E-state index contributed by atoms with van der Waals surface area (Å²) < 4.78 is 6.04. The van der Waals surface area contributed by atoms with Gasteiger partial charge in [-0.2, -0.15) is 0 Å². The van der Waals surface area contributed by atoms with Crippen molar-refractivity contribution < 1.29 is 9.53 Å². The predicted octanol–water partition coefficient (Wildman–Crippen LogP) is 6.29. The van der Waals surface area contributed by atoms with E-state index in [4.69, 9.17) is 4.74 Å². The first-order chi connectivity index (χ1) is 15.7. The molecule has 0 radical (unpaired) electrons. The van der Waals surface area contributed by atoms with Crippen molar-refractivity contribution in [2.24, 2.45) is 0 Å². The number of anilines is 1. The van der Waals surface area contributed by atoms with Crippen molar-refractivity contribution in [3.05, 3.63) is 95.6 Å². The summed E-state index contributed by atoms with van der Waals surface area (Å²) in [7, 11) is 0. The number of hydrogen-bond donors (Lipinski definition) is 2. The molecule has 1 unspecified atom stereocenters. The number of hydrogen-bond acceptors (Lipinski definition) is 3. The Morgan fingerprint density at radius 2 is 1.62 bits per heavy atom. The zero-order valence-electron chi connectivity index (χ0n) is 19.1. The first kappa shape index (κ1) is 23.6. The molecule has 0 aromatic heterocycles. The monoisotopic (exact) mass is 430 g/mol. The van der Waals surface area contributed by atoms with E-state index in [1.807, 2.05) is 42.5 Å². The molecule has 1 atom stereocenters. The predicted molar refractivity (Wildman–Crippen MR) is 132 cm³/mol. The van der Waals surface area contributed by atoms with Crippen LogP contribution in [0.3, 0.4) is 0 Å². The molecule has 1 amide bonds. The zero-order chi connectivity index (χ0) is 22.6. The molecule has 0 fully saturated rings. The Morgan fingerprint density at radius 3 is 2.28 bits per heavy atom. The minimum Gasteiger partial charge on any atom is -0.487 e. The van der Waals surface area contributed by atoms with Gasteiger partial charge in [0.15, 0.2) is 0 Å². The third-order valence-corrected chi connectivity index (χ3v) is 5.45. The summed E-state index contributed by atoms with van der Waals surface area (Å²) in [5.74, 6) is 0.584. The van der Waals surface area contributed by atoms with E-state index < -0.39 is 0 Å². The minimum absolute atomic E-state index is 0.103. The summed E-state index contributed by atoms with van der Waals surface area (Å²) in [5, 5.41) is 6.67. The summed E-state index contributed by atoms with van der Waals surface area (Å²) in [6.07, 6.45) is 4.33. The lowest BCUT2D eigenvalue weighted by Gasteiger charge is -2.21. The molecule has 2 N–H and O–H groups in total. The zero-order valence-corrected chi connectivity index (χ0v) is 19.1. The molecule has 168 valence electrons. The van der Waals surface area contributed by atoms with Crippen molar-refractivity contribution in [1.82, 2.24) is 5.32 Å². The Kier molecular flexibility index (Phi) is 9.33. The highest BCUT2D eigenvalue weighted by molar-refractivity contribution is 5.90. The van der Waals surface area contributed by atoms with Crippen LogP contribution in [0.25, 0.3) is 0 Å². The van der Waals surface area contributed by atoms with Gasteiger partial charge >= 0.3 is 0 Å². The largest absolute Gasteiger partial charge is 0.487 e. The van der Waals surface area contributed by atoms with E-state index in [9.17, 15) is 4.79 Å². The van der Waals surface area contributed by atoms with E-state index in [-0.39, 0.29) is 11.9 Å². The third-order valence-electron chi connectivity index (χ3n) is 5.45. The molecule has 0 bridgehead atoms. The van der Waals surface area contributed by atoms with Gasteiger partial charge in [0.25, 0.3) is 0 Å². The second-order valence-corrected chi connectivity index (χ2v) is 8.10. The molecule has 0 saturated carbocycles. The highest BCUT2D eigenvalue weighted by Gasteiger charge is 2.15. The van der Waals surface area contributed by atoms with Crippen molar-refractivity contribution in [1.29, 1.82) is 0 Å². The van der Waals surface area contributed by atoms with Gasteiger partial charge in [-0.25, -0.2) is 0 Å². The van der Waals surface area contributed by atoms with E-state index in [2.05, 4.69) is 54.0 Å². The maximum absolute atomic E-state index is 11.8. The number of carbonyl (C=O) groups is 1. The van der Waals surface area contributed by atoms with Crippen LogP contribution in [0.2, 0.25) is 0 Å². The first-order valence-corrected chi connectivity index (χ1v) is 11.5. The summed E-state index contributed by atoms with van der Waals surface area (Å²) in [6.45, 7) is 5.10. The molecule has 4 heteroatoms. The maximum atomic E-state index is 11.8. The summed E-state index contributed by atoms with van der Waals surface area (Å²) in [4.78, 5) is 11.8.